The molecule has 2 rings (SSSR count). The number of allylic oxidation sites excluding steroid dienone is 2. The summed E-state index contributed by atoms with van der Waals surface area (Å²) in [6.07, 6.45) is 9.56. The first kappa shape index (κ1) is 35.2. The van der Waals surface area contributed by atoms with E-state index in [4.69, 9.17) is 14.2 Å². The lowest BCUT2D eigenvalue weighted by Gasteiger charge is -2.46. The second-order valence-electron chi connectivity index (χ2n) is 12.5. The van der Waals surface area contributed by atoms with Crippen LogP contribution in [0.3, 0.4) is 0 Å². The Morgan fingerprint density at radius 2 is 1.85 bits per heavy atom. The average Bonchev–Trinajstić information content (AvgIpc) is 2.87. The average molecular weight is 579 g/mol. The summed E-state index contributed by atoms with van der Waals surface area (Å²) >= 11 is 0. The third kappa shape index (κ3) is 10.1. The van der Waals surface area contributed by atoms with Crippen LogP contribution in [0.25, 0.3) is 0 Å². The van der Waals surface area contributed by atoms with Gasteiger partial charge in [-0.2, -0.15) is 0 Å². The molecule has 1 fully saturated rings. The molecule has 234 valence electrons. The number of aliphatic hydroxyl groups excluding tert-OH is 2. The first-order chi connectivity index (χ1) is 19.2. The highest BCUT2D eigenvalue weighted by atomic mass is 16.6. The molecule has 8 heteroatoms. The molecule has 0 aromatic rings. The van der Waals surface area contributed by atoms with Crippen molar-refractivity contribution in [3.05, 3.63) is 36.0 Å². The standard InChI is InChI=1S/C33H54O8/c1-9-28(39-8)23(5)26-14-15-27(26)31(37)20(2)11-10-12-21(3)32-22(4)13-16-29(40-24(6)34)33(7,38)18-17-25(35)19-30(36)41-32/h10-13,16,20,22-23,25-29,31-32,35,37-38H,9,14-15,17-19H2,1-8H3. The molecule has 0 bridgehead atoms. The fraction of sp³-hybridized carbons (Fsp3) is 0.758. The molecule has 1 saturated carbocycles. The molecule has 0 saturated heterocycles. The molecule has 41 heavy (non-hydrogen) atoms. The zero-order chi connectivity index (χ0) is 30.9. The number of cyclic esters (lactones) is 1. The lowest BCUT2D eigenvalue weighted by atomic mass is 9.62. The Bertz CT molecular complexity index is 934. The molecule has 0 amide bonds. The first-order valence-electron chi connectivity index (χ1n) is 15.2. The predicted molar refractivity (Wildman–Crippen MR) is 159 cm³/mol. The topological polar surface area (TPSA) is 123 Å². The maximum absolute atomic E-state index is 12.7. The van der Waals surface area contributed by atoms with E-state index in [2.05, 4.69) is 13.8 Å². The van der Waals surface area contributed by atoms with Crippen LogP contribution in [-0.4, -0.2) is 70.5 Å². The molecule has 11 unspecified atom stereocenters. The third-order valence-electron chi connectivity index (χ3n) is 9.17. The van der Waals surface area contributed by atoms with E-state index in [0.717, 1.165) is 24.8 Å². The Labute approximate surface area is 246 Å². The molecule has 2 aliphatic rings. The fourth-order valence-electron chi connectivity index (χ4n) is 6.27. The van der Waals surface area contributed by atoms with Gasteiger partial charge in [-0.3, -0.25) is 9.59 Å². The lowest BCUT2D eigenvalue weighted by Crippen LogP contribution is -2.45. The number of hydrogen-bond donors (Lipinski definition) is 3. The van der Waals surface area contributed by atoms with E-state index in [9.17, 15) is 24.9 Å². The van der Waals surface area contributed by atoms with Crippen molar-refractivity contribution in [3.8, 4) is 0 Å². The van der Waals surface area contributed by atoms with Gasteiger partial charge < -0.3 is 29.5 Å². The van der Waals surface area contributed by atoms with Crippen molar-refractivity contribution in [1.82, 2.24) is 0 Å². The molecular weight excluding hydrogens is 524 g/mol. The smallest absolute Gasteiger partial charge is 0.309 e. The molecule has 0 aromatic heterocycles. The van der Waals surface area contributed by atoms with E-state index in [0.29, 0.717) is 11.8 Å². The normalized spacial score (nSPS) is 34.9. The zero-order valence-corrected chi connectivity index (χ0v) is 26.3. The van der Waals surface area contributed by atoms with Crippen LogP contribution in [0.1, 0.15) is 87.0 Å². The van der Waals surface area contributed by atoms with E-state index >= 15 is 0 Å². The number of carbonyl (C=O) groups is 2. The van der Waals surface area contributed by atoms with E-state index in [-0.39, 0.29) is 43.1 Å². The van der Waals surface area contributed by atoms with Crippen molar-refractivity contribution in [1.29, 1.82) is 0 Å². The third-order valence-corrected chi connectivity index (χ3v) is 9.17. The molecule has 0 spiro atoms. The largest absolute Gasteiger partial charge is 0.457 e. The SMILES string of the molecule is CCC(OC)C(C)C1CCC1C(O)C(C)C=CC=C(C)C1OC(=O)CC(O)CCC(C)(O)C(OC(C)=O)C=CC1C. The number of rotatable bonds is 10. The van der Waals surface area contributed by atoms with Crippen molar-refractivity contribution >= 4 is 11.9 Å². The molecule has 3 N–H and O–H groups in total. The van der Waals surface area contributed by atoms with E-state index in [1.165, 1.54) is 6.92 Å². The van der Waals surface area contributed by atoms with Crippen molar-refractivity contribution in [2.24, 2.45) is 29.6 Å². The van der Waals surface area contributed by atoms with Crippen LogP contribution in [0.2, 0.25) is 0 Å². The first-order valence-corrected chi connectivity index (χ1v) is 15.2. The minimum Gasteiger partial charge on any atom is -0.457 e. The highest BCUT2D eigenvalue weighted by molar-refractivity contribution is 5.70. The van der Waals surface area contributed by atoms with Crippen LogP contribution < -0.4 is 0 Å². The number of aliphatic hydroxyl groups is 3. The van der Waals surface area contributed by atoms with Crippen LogP contribution in [0.5, 0.6) is 0 Å². The summed E-state index contributed by atoms with van der Waals surface area (Å²) in [5.41, 5.74) is -0.624. The number of hydrogen-bond acceptors (Lipinski definition) is 8. The quantitative estimate of drug-likeness (QED) is 0.190. The van der Waals surface area contributed by atoms with Crippen LogP contribution in [0.4, 0.5) is 0 Å². The Kier molecular flexibility index (Phi) is 13.7. The second-order valence-corrected chi connectivity index (χ2v) is 12.5. The maximum Gasteiger partial charge on any atom is 0.309 e. The van der Waals surface area contributed by atoms with Gasteiger partial charge in [-0.1, -0.05) is 52.0 Å². The number of ether oxygens (including phenoxy) is 3. The van der Waals surface area contributed by atoms with Gasteiger partial charge in [0.1, 0.15) is 17.8 Å². The highest BCUT2D eigenvalue weighted by Crippen LogP contribution is 2.45. The highest BCUT2D eigenvalue weighted by Gasteiger charge is 2.42. The predicted octanol–water partition coefficient (Wildman–Crippen LogP) is 4.90. The zero-order valence-electron chi connectivity index (χ0n) is 26.3. The van der Waals surface area contributed by atoms with Gasteiger partial charge in [-0.15, -0.1) is 0 Å². The molecule has 1 heterocycles. The number of methoxy groups -OCH3 is 1. The van der Waals surface area contributed by atoms with Gasteiger partial charge in [-0.25, -0.2) is 0 Å². The summed E-state index contributed by atoms with van der Waals surface area (Å²) in [6, 6.07) is 0. The van der Waals surface area contributed by atoms with Gasteiger partial charge in [0.25, 0.3) is 0 Å². The van der Waals surface area contributed by atoms with Crippen LogP contribution in [0, 0.1) is 29.6 Å². The summed E-state index contributed by atoms with van der Waals surface area (Å²) in [5, 5.41) is 32.5. The molecule has 1 aliphatic heterocycles. The summed E-state index contributed by atoms with van der Waals surface area (Å²) in [4.78, 5) is 24.4. The fourth-order valence-corrected chi connectivity index (χ4v) is 6.27. The monoisotopic (exact) mass is 578 g/mol. The molecule has 0 aromatic carbocycles. The maximum atomic E-state index is 12.7. The lowest BCUT2D eigenvalue weighted by molar-refractivity contribution is -0.157. The van der Waals surface area contributed by atoms with Crippen LogP contribution in [-0.2, 0) is 23.8 Å². The van der Waals surface area contributed by atoms with Crippen molar-refractivity contribution in [2.45, 2.75) is 123 Å². The molecule has 8 nitrogen and oxygen atoms in total. The van der Waals surface area contributed by atoms with Gasteiger partial charge in [0.2, 0.25) is 0 Å². The van der Waals surface area contributed by atoms with Crippen molar-refractivity contribution < 1.29 is 39.1 Å². The Balaban J connectivity index is 2.19. The van der Waals surface area contributed by atoms with E-state index in [1.54, 1.807) is 26.2 Å². The minimum absolute atomic E-state index is 0.0558. The Hall–Kier alpha value is -2.00. The van der Waals surface area contributed by atoms with Crippen molar-refractivity contribution in [2.75, 3.05) is 7.11 Å². The van der Waals surface area contributed by atoms with Crippen LogP contribution >= 0.6 is 0 Å². The molecular formula is C33H54O8. The van der Waals surface area contributed by atoms with E-state index < -0.39 is 42.0 Å². The second kappa shape index (κ2) is 16.0. The summed E-state index contributed by atoms with van der Waals surface area (Å²) in [7, 11) is 1.76. The van der Waals surface area contributed by atoms with Gasteiger partial charge >= 0.3 is 11.9 Å². The van der Waals surface area contributed by atoms with Gasteiger partial charge in [0.15, 0.2) is 0 Å². The number of esters is 2. The summed E-state index contributed by atoms with van der Waals surface area (Å²) in [5.74, 6) is -0.326. The molecule has 1 aliphatic carbocycles. The van der Waals surface area contributed by atoms with Gasteiger partial charge in [0.05, 0.1) is 24.7 Å². The van der Waals surface area contributed by atoms with Crippen molar-refractivity contribution in [3.63, 3.8) is 0 Å². The summed E-state index contributed by atoms with van der Waals surface area (Å²) < 4.78 is 16.9. The van der Waals surface area contributed by atoms with Crippen LogP contribution in [0.15, 0.2) is 36.0 Å². The number of carbonyl (C=O) groups excluding carboxylic acids is 2. The van der Waals surface area contributed by atoms with Gasteiger partial charge in [0, 0.05) is 25.9 Å². The summed E-state index contributed by atoms with van der Waals surface area (Å²) in [6.45, 7) is 13.0. The van der Waals surface area contributed by atoms with Gasteiger partial charge in [-0.05, 0) is 75.4 Å². The minimum atomic E-state index is -1.41. The molecule has 11 atom stereocenters. The Morgan fingerprint density at radius 3 is 2.41 bits per heavy atom. The molecule has 0 radical (unpaired) electrons. The Morgan fingerprint density at radius 1 is 1.20 bits per heavy atom. The van der Waals surface area contributed by atoms with E-state index in [1.807, 2.05) is 39.0 Å².